The van der Waals surface area contributed by atoms with Crippen LogP contribution < -0.4 is 5.32 Å². The Hall–Kier alpha value is -2.74. The quantitative estimate of drug-likeness (QED) is 0.731. The van der Waals surface area contributed by atoms with Crippen LogP contribution in [0.4, 0.5) is 0 Å². The molecule has 1 amide bonds. The molecule has 1 heterocycles. The number of carboxylic acid groups (broad SMARTS) is 1. The number of aliphatic carboxylic acids is 1. The first-order chi connectivity index (χ1) is 12.6. The monoisotopic (exact) mass is 357 g/mol. The van der Waals surface area contributed by atoms with Crippen molar-refractivity contribution in [3.63, 3.8) is 0 Å². The van der Waals surface area contributed by atoms with Gasteiger partial charge in [-0.2, -0.15) is 5.10 Å². The Bertz CT molecular complexity index is 756. The van der Waals surface area contributed by atoms with Gasteiger partial charge in [0, 0.05) is 17.6 Å². The minimum Gasteiger partial charge on any atom is -0.480 e. The molecule has 0 atom stereocenters. The van der Waals surface area contributed by atoms with Gasteiger partial charge in [-0.25, -0.2) is 9.67 Å². The summed E-state index contributed by atoms with van der Waals surface area (Å²) >= 11 is 0. The second-order valence-corrected chi connectivity index (χ2v) is 6.50. The Labute approximate surface area is 151 Å². The number of carbonyl (C=O) groups is 2. The lowest BCUT2D eigenvalue weighted by atomic mass is 9.85. The highest BCUT2D eigenvalue weighted by atomic mass is 16.4. The molecule has 1 aliphatic rings. The SMILES string of the molecule is CCN(CC(=O)O)C1CC(NC(=O)c2ccccc2Cn2cncn2)C1. The summed E-state index contributed by atoms with van der Waals surface area (Å²) < 4.78 is 1.68. The van der Waals surface area contributed by atoms with Crippen LogP contribution in [0.5, 0.6) is 0 Å². The van der Waals surface area contributed by atoms with Gasteiger partial charge < -0.3 is 10.4 Å². The van der Waals surface area contributed by atoms with Gasteiger partial charge in [0.05, 0.1) is 13.1 Å². The van der Waals surface area contributed by atoms with Crippen molar-refractivity contribution in [2.24, 2.45) is 0 Å². The number of aromatic nitrogens is 3. The third-order valence-corrected chi connectivity index (χ3v) is 4.77. The number of nitrogens with zero attached hydrogens (tertiary/aromatic N) is 4. The first-order valence-corrected chi connectivity index (χ1v) is 8.73. The number of hydrogen-bond donors (Lipinski definition) is 2. The van der Waals surface area contributed by atoms with Crippen LogP contribution in [0.25, 0.3) is 0 Å². The predicted octanol–water partition coefficient (Wildman–Crippen LogP) is 0.994. The molecule has 2 N–H and O–H groups in total. The molecule has 1 aromatic heterocycles. The number of nitrogens with one attached hydrogen (secondary N) is 1. The number of carboxylic acids is 1. The molecule has 0 bridgehead atoms. The van der Waals surface area contributed by atoms with Crippen molar-refractivity contribution < 1.29 is 14.7 Å². The molecule has 1 aliphatic carbocycles. The molecule has 0 radical (unpaired) electrons. The topological polar surface area (TPSA) is 100 Å². The van der Waals surface area contributed by atoms with E-state index in [9.17, 15) is 9.59 Å². The van der Waals surface area contributed by atoms with Gasteiger partial charge in [0.1, 0.15) is 12.7 Å². The molecule has 138 valence electrons. The van der Waals surface area contributed by atoms with E-state index in [1.54, 1.807) is 17.1 Å². The van der Waals surface area contributed by atoms with Crippen LogP contribution in [0.15, 0.2) is 36.9 Å². The van der Waals surface area contributed by atoms with Gasteiger partial charge >= 0.3 is 5.97 Å². The van der Waals surface area contributed by atoms with E-state index in [2.05, 4.69) is 15.4 Å². The molecule has 26 heavy (non-hydrogen) atoms. The van der Waals surface area contributed by atoms with Crippen LogP contribution in [-0.4, -0.2) is 61.8 Å². The largest absolute Gasteiger partial charge is 0.480 e. The molecule has 0 saturated heterocycles. The second kappa shape index (κ2) is 8.09. The van der Waals surface area contributed by atoms with Crippen LogP contribution in [0.2, 0.25) is 0 Å². The highest BCUT2D eigenvalue weighted by Crippen LogP contribution is 2.26. The Kier molecular flexibility index (Phi) is 5.62. The lowest BCUT2D eigenvalue weighted by Crippen LogP contribution is -2.54. The zero-order valence-electron chi connectivity index (χ0n) is 14.7. The van der Waals surface area contributed by atoms with Gasteiger partial charge in [-0.1, -0.05) is 25.1 Å². The van der Waals surface area contributed by atoms with E-state index in [0.717, 1.165) is 18.4 Å². The van der Waals surface area contributed by atoms with Crippen molar-refractivity contribution in [3.05, 3.63) is 48.0 Å². The molecule has 3 rings (SSSR count). The lowest BCUT2D eigenvalue weighted by Gasteiger charge is -2.42. The van der Waals surface area contributed by atoms with Crippen LogP contribution in [-0.2, 0) is 11.3 Å². The first-order valence-electron chi connectivity index (χ1n) is 8.73. The van der Waals surface area contributed by atoms with Crippen molar-refractivity contribution >= 4 is 11.9 Å². The number of amides is 1. The van der Waals surface area contributed by atoms with Gasteiger partial charge in [-0.05, 0) is 31.0 Å². The van der Waals surface area contributed by atoms with Gasteiger partial charge in [-0.3, -0.25) is 14.5 Å². The molecule has 8 heteroatoms. The predicted molar refractivity (Wildman–Crippen MR) is 94.7 cm³/mol. The molecule has 0 unspecified atom stereocenters. The lowest BCUT2D eigenvalue weighted by molar-refractivity contribution is -0.139. The molecular formula is C18H23N5O3. The summed E-state index contributed by atoms with van der Waals surface area (Å²) in [4.78, 5) is 29.4. The van der Waals surface area contributed by atoms with Crippen LogP contribution in [0, 0.1) is 0 Å². The molecule has 1 saturated carbocycles. The maximum atomic E-state index is 12.7. The van der Waals surface area contributed by atoms with Crippen molar-refractivity contribution in [1.82, 2.24) is 25.0 Å². The highest BCUT2D eigenvalue weighted by Gasteiger charge is 2.34. The normalized spacial score (nSPS) is 19.2. The average molecular weight is 357 g/mol. The smallest absolute Gasteiger partial charge is 0.317 e. The van der Waals surface area contributed by atoms with E-state index in [-0.39, 0.29) is 24.5 Å². The van der Waals surface area contributed by atoms with E-state index >= 15 is 0 Å². The number of carbonyl (C=O) groups excluding carboxylic acids is 1. The summed E-state index contributed by atoms with van der Waals surface area (Å²) in [5.74, 6) is -0.924. The number of rotatable bonds is 8. The van der Waals surface area contributed by atoms with E-state index in [1.165, 1.54) is 6.33 Å². The second-order valence-electron chi connectivity index (χ2n) is 6.50. The first kappa shape index (κ1) is 18.1. The molecule has 1 aromatic carbocycles. The Morgan fingerprint density at radius 1 is 1.35 bits per heavy atom. The Balaban J connectivity index is 1.57. The summed E-state index contributed by atoms with van der Waals surface area (Å²) in [6, 6.07) is 7.75. The molecule has 0 aliphatic heterocycles. The van der Waals surface area contributed by atoms with Crippen LogP contribution >= 0.6 is 0 Å². The van der Waals surface area contributed by atoms with E-state index < -0.39 is 5.97 Å². The van der Waals surface area contributed by atoms with Crippen LogP contribution in [0.3, 0.4) is 0 Å². The summed E-state index contributed by atoms with van der Waals surface area (Å²) in [5, 5.41) is 16.1. The highest BCUT2D eigenvalue weighted by molar-refractivity contribution is 5.95. The minimum atomic E-state index is -0.818. The zero-order chi connectivity index (χ0) is 18.5. The number of benzene rings is 1. The average Bonchev–Trinajstić information content (AvgIpc) is 3.09. The van der Waals surface area contributed by atoms with Crippen LogP contribution in [0.1, 0.15) is 35.7 Å². The maximum absolute atomic E-state index is 12.7. The van der Waals surface area contributed by atoms with Gasteiger partial charge in [-0.15, -0.1) is 0 Å². The fourth-order valence-electron chi connectivity index (χ4n) is 3.31. The van der Waals surface area contributed by atoms with Gasteiger partial charge in [0.2, 0.25) is 0 Å². The zero-order valence-corrected chi connectivity index (χ0v) is 14.7. The van der Waals surface area contributed by atoms with Crippen molar-refractivity contribution in [2.75, 3.05) is 13.1 Å². The molecule has 2 aromatic rings. The van der Waals surface area contributed by atoms with E-state index in [0.29, 0.717) is 18.7 Å². The van der Waals surface area contributed by atoms with Crippen molar-refractivity contribution in [3.8, 4) is 0 Å². The van der Waals surface area contributed by atoms with Crippen molar-refractivity contribution in [2.45, 2.75) is 38.4 Å². The Morgan fingerprint density at radius 2 is 2.12 bits per heavy atom. The molecular weight excluding hydrogens is 334 g/mol. The van der Waals surface area contributed by atoms with E-state index in [4.69, 9.17) is 5.11 Å². The standard InChI is InChI=1S/C18H23N5O3/c1-2-22(10-17(24)25)15-7-14(8-15)21-18(26)16-6-4-3-5-13(16)9-23-12-19-11-20-23/h3-6,11-12,14-15H,2,7-10H2,1H3,(H,21,26)(H,24,25). The summed E-state index contributed by atoms with van der Waals surface area (Å²) in [7, 11) is 0. The number of hydrogen-bond acceptors (Lipinski definition) is 5. The van der Waals surface area contributed by atoms with E-state index in [1.807, 2.05) is 30.0 Å². The van der Waals surface area contributed by atoms with Gasteiger partial charge in [0.15, 0.2) is 0 Å². The molecule has 8 nitrogen and oxygen atoms in total. The summed E-state index contributed by atoms with van der Waals surface area (Å²) in [6.45, 7) is 3.18. The number of likely N-dealkylation sites (N-methyl/N-ethyl adjacent to an activating group) is 1. The third-order valence-electron chi connectivity index (χ3n) is 4.77. The van der Waals surface area contributed by atoms with Gasteiger partial charge in [0.25, 0.3) is 5.91 Å². The minimum absolute atomic E-state index is 0.0442. The molecule has 0 spiro atoms. The van der Waals surface area contributed by atoms with Crippen molar-refractivity contribution in [1.29, 1.82) is 0 Å². The fraction of sp³-hybridized carbons (Fsp3) is 0.444. The maximum Gasteiger partial charge on any atom is 0.317 e. The third kappa shape index (κ3) is 4.26. The fourth-order valence-corrected chi connectivity index (χ4v) is 3.31. The Morgan fingerprint density at radius 3 is 2.77 bits per heavy atom. The summed E-state index contributed by atoms with van der Waals surface area (Å²) in [6.07, 6.45) is 4.64. The summed E-state index contributed by atoms with van der Waals surface area (Å²) in [5.41, 5.74) is 1.51. The molecule has 1 fully saturated rings.